The lowest BCUT2D eigenvalue weighted by atomic mass is 9.96. The van der Waals surface area contributed by atoms with Gasteiger partial charge in [0, 0.05) is 37.1 Å². The van der Waals surface area contributed by atoms with Crippen molar-refractivity contribution in [1.82, 2.24) is 24.9 Å². The van der Waals surface area contributed by atoms with Gasteiger partial charge in [-0.05, 0) is 51.6 Å². The van der Waals surface area contributed by atoms with Crippen LogP contribution in [0.15, 0.2) is 6.20 Å². The minimum Gasteiger partial charge on any atom is -0.296 e. The van der Waals surface area contributed by atoms with Crippen LogP contribution in [0, 0.1) is 6.92 Å². The molecular weight excluding hydrogens is 274 g/mol. The monoisotopic (exact) mass is 301 g/mol. The van der Waals surface area contributed by atoms with Crippen molar-refractivity contribution in [2.45, 2.75) is 65.6 Å². The quantitative estimate of drug-likeness (QED) is 0.892. The molecule has 0 amide bonds. The molecular formula is C17H27N5. The van der Waals surface area contributed by atoms with E-state index in [2.05, 4.69) is 52.0 Å². The van der Waals surface area contributed by atoms with E-state index in [1.165, 1.54) is 41.8 Å². The first-order valence-corrected chi connectivity index (χ1v) is 8.43. The van der Waals surface area contributed by atoms with E-state index >= 15 is 0 Å². The lowest BCUT2D eigenvalue weighted by Crippen LogP contribution is -2.19. The van der Waals surface area contributed by atoms with Crippen LogP contribution in [0.2, 0.25) is 0 Å². The van der Waals surface area contributed by atoms with Gasteiger partial charge in [0.1, 0.15) is 0 Å². The maximum absolute atomic E-state index is 4.59. The molecule has 0 aromatic carbocycles. The fourth-order valence-corrected chi connectivity index (χ4v) is 3.34. The molecule has 1 aliphatic carbocycles. The first kappa shape index (κ1) is 15.3. The van der Waals surface area contributed by atoms with E-state index in [9.17, 15) is 0 Å². The third kappa shape index (κ3) is 3.24. The summed E-state index contributed by atoms with van der Waals surface area (Å²) in [6.45, 7) is 7.12. The highest BCUT2D eigenvalue weighted by Gasteiger charge is 2.18. The van der Waals surface area contributed by atoms with E-state index in [0.717, 1.165) is 38.2 Å². The highest BCUT2D eigenvalue weighted by molar-refractivity contribution is 5.27. The summed E-state index contributed by atoms with van der Waals surface area (Å²) >= 11 is 0. The predicted octanol–water partition coefficient (Wildman–Crippen LogP) is 2.84. The Hall–Kier alpha value is -1.62. The Morgan fingerprint density at radius 1 is 1.27 bits per heavy atom. The Morgan fingerprint density at radius 2 is 2.09 bits per heavy atom. The van der Waals surface area contributed by atoms with Crippen molar-refractivity contribution in [2.24, 2.45) is 0 Å². The average Bonchev–Trinajstić information content (AvgIpc) is 3.04. The van der Waals surface area contributed by atoms with Gasteiger partial charge in [0.25, 0.3) is 0 Å². The van der Waals surface area contributed by atoms with Crippen LogP contribution in [0.3, 0.4) is 0 Å². The first-order valence-electron chi connectivity index (χ1n) is 8.43. The predicted molar refractivity (Wildman–Crippen MR) is 87.7 cm³/mol. The van der Waals surface area contributed by atoms with Crippen LogP contribution in [0.4, 0.5) is 0 Å². The molecule has 0 bridgehead atoms. The zero-order chi connectivity index (χ0) is 15.5. The van der Waals surface area contributed by atoms with E-state index < -0.39 is 0 Å². The number of fused-ring (bicyclic) bond motifs is 1. The summed E-state index contributed by atoms with van der Waals surface area (Å²) in [6.07, 6.45) is 8.25. The summed E-state index contributed by atoms with van der Waals surface area (Å²) in [5, 5.41) is 12.4. The Balaban J connectivity index is 1.65. The van der Waals surface area contributed by atoms with Gasteiger partial charge in [-0.15, -0.1) is 0 Å². The second-order valence-corrected chi connectivity index (χ2v) is 6.51. The number of hydrogen-bond donors (Lipinski definition) is 1. The minimum absolute atomic E-state index is 0.907. The minimum atomic E-state index is 0.907. The number of aryl methyl sites for hydroxylation is 3. The maximum Gasteiger partial charge on any atom is 0.0797 e. The second-order valence-electron chi connectivity index (χ2n) is 6.51. The van der Waals surface area contributed by atoms with Gasteiger partial charge in [-0.2, -0.15) is 10.2 Å². The molecule has 0 saturated heterocycles. The van der Waals surface area contributed by atoms with E-state index in [-0.39, 0.29) is 0 Å². The largest absolute Gasteiger partial charge is 0.296 e. The molecule has 3 rings (SSSR count). The number of nitrogens with zero attached hydrogens (tertiary/aromatic N) is 4. The van der Waals surface area contributed by atoms with Crippen LogP contribution in [-0.4, -0.2) is 31.9 Å². The molecule has 2 aromatic heterocycles. The average molecular weight is 301 g/mol. The molecule has 2 aromatic rings. The summed E-state index contributed by atoms with van der Waals surface area (Å²) in [6, 6.07) is 0. The number of aromatic nitrogens is 4. The molecule has 120 valence electrons. The maximum atomic E-state index is 4.59. The van der Waals surface area contributed by atoms with Gasteiger partial charge in [-0.25, -0.2) is 0 Å². The SMILES string of the molecule is CCCn1cc(CN(C)Cc2n[nH]c3c2CCCC3)c(C)n1. The van der Waals surface area contributed by atoms with Gasteiger partial charge in [-0.3, -0.25) is 14.7 Å². The van der Waals surface area contributed by atoms with Gasteiger partial charge < -0.3 is 0 Å². The smallest absolute Gasteiger partial charge is 0.0797 e. The molecule has 0 fully saturated rings. The molecule has 22 heavy (non-hydrogen) atoms. The molecule has 0 radical (unpaired) electrons. The number of hydrogen-bond acceptors (Lipinski definition) is 3. The summed E-state index contributed by atoms with van der Waals surface area (Å²) < 4.78 is 2.06. The van der Waals surface area contributed by atoms with Crippen LogP contribution in [0.5, 0.6) is 0 Å². The molecule has 5 heteroatoms. The topological polar surface area (TPSA) is 49.7 Å². The Bertz CT molecular complexity index is 625. The third-order valence-electron chi connectivity index (χ3n) is 4.50. The number of aromatic amines is 1. The lowest BCUT2D eigenvalue weighted by molar-refractivity contribution is 0.313. The Labute approximate surface area is 132 Å². The van der Waals surface area contributed by atoms with E-state index in [4.69, 9.17) is 0 Å². The van der Waals surface area contributed by atoms with Gasteiger partial charge in [0.15, 0.2) is 0 Å². The fourth-order valence-electron chi connectivity index (χ4n) is 3.34. The van der Waals surface area contributed by atoms with Gasteiger partial charge >= 0.3 is 0 Å². The zero-order valence-corrected chi connectivity index (χ0v) is 14.0. The Morgan fingerprint density at radius 3 is 2.91 bits per heavy atom. The third-order valence-corrected chi connectivity index (χ3v) is 4.50. The van der Waals surface area contributed by atoms with Crippen molar-refractivity contribution >= 4 is 0 Å². The molecule has 0 atom stereocenters. The molecule has 0 aliphatic heterocycles. The molecule has 1 N–H and O–H groups in total. The summed E-state index contributed by atoms with van der Waals surface area (Å²) in [7, 11) is 2.17. The molecule has 5 nitrogen and oxygen atoms in total. The van der Waals surface area contributed by atoms with Crippen molar-refractivity contribution in [1.29, 1.82) is 0 Å². The standard InChI is InChI=1S/C17H27N5/c1-4-9-22-11-14(13(2)20-22)10-21(3)12-17-15-7-5-6-8-16(15)18-19-17/h11H,4-10,12H2,1-3H3,(H,18,19). The summed E-state index contributed by atoms with van der Waals surface area (Å²) in [4.78, 5) is 2.34. The number of nitrogens with one attached hydrogen (secondary N) is 1. The highest BCUT2D eigenvalue weighted by Crippen LogP contribution is 2.23. The number of H-pyrrole nitrogens is 1. The molecule has 0 saturated carbocycles. The molecule has 1 aliphatic rings. The van der Waals surface area contributed by atoms with Crippen molar-refractivity contribution in [3.63, 3.8) is 0 Å². The molecule has 2 heterocycles. The zero-order valence-electron chi connectivity index (χ0n) is 14.0. The normalized spacial score (nSPS) is 14.5. The molecule has 0 spiro atoms. The van der Waals surface area contributed by atoms with Crippen molar-refractivity contribution in [3.05, 3.63) is 34.4 Å². The van der Waals surface area contributed by atoms with Crippen LogP contribution in [0.1, 0.15) is 54.4 Å². The lowest BCUT2D eigenvalue weighted by Gasteiger charge is -2.17. The number of rotatable bonds is 6. The summed E-state index contributed by atoms with van der Waals surface area (Å²) in [5.41, 5.74) is 6.53. The van der Waals surface area contributed by atoms with Gasteiger partial charge in [-0.1, -0.05) is 6.92 Å². The van der Waals surface area contributed by atoms with Crippen LogP contribution in [0.25, 0.3) is 0 Å². The highest BCUT2D eigenvalue weighted by atomic mass is 15.3. The van der Waals surface area contributed by atoms with E-state index in [0.29, 0.717) is 0 Å². The van der Waals surface area contributed by atoms with Crippen molar-refractivity contribution in [2.75, 3.05) is 7.05 Å². The van der Waals surface area contributed by atoms with Gasteiger partial charge in [0.2, 0.25) is 0 Å². The van der Waals surface area contributed by atoms with Crippen LogP contribution in [-0.2, 0) is 32.5 Å². The summed E-state index contributed by atoms with van der Waals surface area (Å²) in [5.74, 6) is 0. The van der Waals surface area contributed by atoms with Crippen molar-refractivity contribution < 1.29 is 0 Å². The van der Waals surface area contributed by atoms with E-state index in [1.807, 2.05) is 0 Å². The fraction of sp³-hybridized carbons (Fsp3) is 0.647. The van der Waals surface area contributed by atoms with Crippen LogP contribution >= 0.6 is 0 Å². The van der Waals surface area contributed by atoms with Gasteiger partial charge in [0.05, 0.1) is 11.4 Å². The second kappa shape index (κ2) is 6.65. The molecule has 0 unspecified atom stereocenters. The van der Waals surface area contributed by atoms with Crippen LogP contribution < -0.4 is 0 Å². The van der Waals surface area contributed by atoms with E-state index in [1.54, 1.807) is 0 Å². The Kier molecular flexibility index (Phi) is 4.62. The first-order chi connectivity index (χ1) is 10.7. The van der Waals surface area contributed by atoms with Crippen molar-refractivity contribution in [3.8, 4) is 0 Å².